The zero-order chi connectivity index (χ0) is 12.5. The Balaban J connectivity index is 2.52. The number of unbranched alkanes of at least 4 members (excludes halogenated alkanes) is 2. The van der Waals surface area contributed by atoms with Crippen molar-refractivity contribution in [2.45, 2.75) is 19.3 Å². The predicted molar refractivity (Wildman–Crippen MR) is 67.3 cm³/mol. The molecule has 92 valence electrons. The first-order valence-electron chi connectivity index (χ1n) is 5.70. The van der Waals surface area contributed by atoms with Gasteiger partial charge in [0.05, 0.1) is 13.7 Å². The van der Waals surface area contributed by atoms with Crippen molar-refractivity contribution in [2.75, 3.05) is 13.7 Å². The topological polar surface area (TPSA) is 35.5 Å². The molecule has 0 aliphatic heterocycles. The third kappa shape index (κ3) is 4.31. The zero-order valence-corrected chi connectivity index (χ0v) is 10.1. The number of para-hydroxylation sites is 1. The smallest absolute Gasteiger partial charge is 0.341 e. The number of hydrogen-bond donors (Lipinski definition) is 0. The SMILES string of the molecule is C=CCCCCOc1ccccc1C(=O)OC. The molecule has 3 heteroatoms. The van der Waals surface area contributed by atoms with E-state index in [1.165, 1.54) is 7.11 Å². The van der Waals surface area contributed by atoms with Crippen molar-refractivity contribution in [1.29, 1.82) is 0 Å². The summed E-state index contributed by atoms with van der Waals surface area (Å²) in [6.45, 7) is 4.26. The third-order valence-corrected chi connectivity index (χ3v) is 2.35. The van der Waals surface area contributed by atoms with E-state index >= 15 is 0 Å². The summed E-state index contributed by atoms with van der Waals surface area (Å²) in [5.41, 5.74) is 0.471. The number of rotatable bonds is 7. The van der Waals surface area contributed by atoms with E-state index in [9.17, 15) is 4.79 Å². The minimum atomic E-state index is -0.369. The van der Waals surface area contributed by atoms with Crippen LogP contribution in [-0.4, -0.2) is 19.7 Å². The first kappa shape index (κ1) is 13.3. The maximum absolute atomic E-state index is 11.5. The molecule has 3 nitrogen and oxygen atoms in total. The van der Waals surface area contributed by atoms with Crippen LogP contribution >= 0.6 is 0 Å². The van der Waals surface area contributed by atoms with Crippen LogP contribution in [0.4, 0.5) is 0 Å². The van der Waals surface area contributed by atoms with E-state index in [1.54, 1.807) is 18.2 Å². The molecular weight excluding hydrogens is 216 g/mol. The Hall–Kier alpha value is -1.77. The van der Waals surface area contributed by atoms with E-state index in [0.29, 0.717) is 17.9 Å². The number of methoxy groups -OCH3 is 1. The number of benzene rings is 1. The van der Waals surface area contributed by atoms with Gasteiger partial charge in [0.15, 0.2) is 0 Å². The summed E-state index contributed by atoms with van der Waals surface area (Å²) >= 11 is 0. The van der Waals surface area contributed by atoms with E-state index in [2.05, 4.69) is 11.3 Å². The highest BCUT2D eigenvalue weighted by Gasteiger charge is 2.11. The molecule has 0 N–H and O–H groups in total. The number of ether oxygens (including phenoxy) is 2. The van der Waals surface area contributed by atoms with Gasteiger partial charge in [-0.25, -0.2) is 4.79 Å². The molecule has 1 aromatic rings. The fourth-order valence-electron chi connectivity index (χ4n) is 1.44. The minimum Gasteiger partial charge on any atom is -0.493 e. The Kier molecular flexibility index (Phi) is 5.86. The molecule has 17 heavy (non-hydrogen) atoms. The summed E-state index contributed by atoms with van der Waals surface area (Å²) in [7, 11) is 1.36. The van der Waals surface area contributed by atoms with Crippen molar-refractivity contribution in [3.63, 3.8) is 0 Å². The summed E-state index contributed by atoms with van der Waals surface area (Å²) in [5.74, 6) is 0.213. The Morgan fingerprint density at radius 2 is 2.12 bits per heavy atom. The molecule has 1 rings (SSSR count). The number of allylic oxidation sites excluding steroid dienone is 1. The molecule has 0 fully saturated rings. The molecule has 1 aromatic carbocycles. The monoisotopic (exact) mass is 234 g/mol. The highest BCUT2D eigenvalue weighted by molar-refractivity contribution is 5.92. The quantitative estimate of drug-likeness (QED) is 0.413. The third-order valence-electron chi connectivity index (χ3n) is 2.35. The lowest BCUT2D eigenvalue weighted by atomic mass is 10.2. The molecule has 0 atom stereocenters. The van der Waals surface area contributed by atoms with Gasteiger partial charge in [0.2, 0.25) is 0 Å². The lowest BCUT2D eigenvalue weighted by Gasteiger charge is -2.09. The number of carbonyl (C=O) groups excluding carboxylic acids is 1. The van der Waals surface area contributed by atoms with Gasteiger partial charge in [-0.15, -0.1) is 6.58 Å². The Morgan fingerprint density at radius 1 is 1.35 bits per heavy atom. The van der Waals surface area contributed by atoms with Gasteiger partial charge in [0.25, 0.3) is 0 Å². The highest BCUT2D eigenvalue weighted by atomic mass is 16.5. The van der Waals surface area contributed by atoms with Crippen LogP contribution in [0.3, 0.4) is 0 Å². The molecule has 0 spiro atoms. The van der Waals surface area contributed by atoms with Crippen molar-refractivity contribution in [1.82, 2.24) is 0 Å². The van der Waals surface area contributed by atoms with Gasteiger partial charge in [-0.1, -0.05) is 18.2 Å². The number of esters is 1. The van der Waals surface area contributed by atoms with Gasteiger partial charge in [0, 0.05) is 0 Å². The minimum absolute atomic E-state index is 0.369. The average molecular weight is 234 g/mol. The number of carbonyl (C=O) groups is 1. The molecule has 0 amide bonds. The normalized spacial score (nSPS) is 9.71. The molecule has 0 aliphatic rings. The van der Waals surface area contributed by atoms with Gasteiger partial charge in [-0.05, 0) is 31.4 Å². The second kappa shape index (κ2) is 7.49. The van der Waals surface area contributed by atoms with Gasteiger partial charge >= 0.3 is 5.97 Å². The van der Waals surface area contributed by atoms with Crippen molar-refractivity contribution in [3.05, 3.63) is 42.5 Å². The molecule has 0 aliphatic carbocycles. The fourth-order valence-corrected chi connectivity index (χ4v) is 1.44. The summed E-state index contributed by atoms with van der Waals surface area (Å²) in [6.07, 6.45) is 4.87. The molecule has 0 aromatic heterocycles. The summed E-state index contributed by atoms with van der Waals surface area (Å²) in [5, 5.41) is 0. The molecule has 0 heterocycles. The molecule has 0 saturated heterocycles. The van der Waals surface area contributed by atoms with Crippen LogP contribution in [0.15, 0.2) is 36.9 Å². The maximum atomic E-state index is 11.5. The van der Waals surface area contributed by atoms with Gasteiger partial charge < -0.3 is 9.47 Å². The molecule has 0 radical (unpaired) electrons. The van der Waals surface area contributed by atoms with E-state index in [0.717, 1.165) is 19.3 Å². The predicted octanol–water partition coefficient (Wildman–Crippen LogP) is 3.21. The Labute approximate surface area is 102 Å². The molecule has 0 unspecified atom stereocenters. The first-order chi connectivity index (χ1) is 8.29. The van der Waals surface area contributed by atoms with Crippen LogP contribution in [0, 0.1) is 0 Å². The van der Waals surface area contributed by atoms with Gasteiger partial charge in [-0.2, -0.15) is 0 Å². The van der Waals surface area contributed by atoms with E-state index < -0.39 is 0 Å². The van der Waals surface area contributed by atoms with Crippen molar-refractivity contribution >= 4 is 5.97 Å². The summed E-state index contributed by atoms with van der Waals surface area (Å²) in [4.78, 5) is 11.5. The fraction of sp³-hybridized carbons (Fsp3) is 0.357. The van der Waals surface area contributed by atoms with Crippen LogP contribution in [-0.2, 0) is 4.74 Å². The second-order valence-electron chi connectivity index (χ2n) is 3.62. The Morgan fingerprint density at radius 3 is 2.82 bits per heavy atom. The van der Waals surface area contributed by atoms with Crippen molar-refractivity contribution < 1.29 is 14.3 Å². The maximum Gasteiger partial charge on any atom is 0.341 e. The highest BCUT2D eigenvalue weighted by Crippen LogP contribution is 2.19. The van der Waals surface area contributed by atoms with Crippen molar-refractivity contribution in [3.8, 4) is 5.75 Å². The van der Waals surface area contributed by atoms with E-state index in [4.69, 9.17) is 4.74 Å². The molecular formula is C14H18O3. The standard InChI is InChI=1S/C14H18O3/c1-3-4-5-8-11-17-13-10-7-6-9-12(13)14(15)16-2/h3,6-7,9-10H,1,4-5,8,11H2,2H3. The zero-order valence-electron chi connectivity index (χ0n) is 10.1. The number of hydrogen-bond acceptors (Lipinski definition) is 3. The van der Waals surface area contributed by atoms with E-state index in [-0.39, 0.29) is 5.97 Å². The van der Waals surface area contributed by atoms with Crippen molar-refractivity contribution in [2.24, 2.45) is 0 Å². The molecule has 0 bridgehead atoms. The lowest BCUT2D eigenvalue weighted by Crippen LogP contribution is -2.06. The largest absolute Gasteiger partial charge is 0.493 e. The van der Waals surface area contributed by atoms with Crippen LogP contribution in [0.2, 0.25) is 0 Å². The van der Waals surface area contributed by atoms with Crippen LogP contribution in [0.5, 0.6) is 5.75 Å². The second-order valence-corrected chi connectivity index (χ2v) is 3.62. The summed E-state index contributed by atoms with van der Waals surface area (Å²) in [6, 6.07) is 7.10. The van der Waals surface area contributed by atoms with Crippen LogP contribution in [0.25, 0.3) is 0 Å². The lowest BCUT2D eigenvalue weighted by molar-refractivity contribution is 0.0596. The van der Waals surface area contributed by atoms with Crippen LogP contribution < -0.4 is 4.74 Å². The van der Waals surface area contributed by atoms with Gasteiger partial charge in [-0.3, -0.25) is 0 Å². The van der Waals surface area contributed by atoms with Crippen LogP contribution in [0.1, 0.15) is 29.6 Å². The average Bonchev–Trinajstić information content (AvgIpc) is 2.38. The summed E-state index contributed by atoms with van der Waals surface area (Å²) < 4.78 is 10.3. The van der Waals surface area contributed by atoms with Gasteiger partial charge in [0.1, 0.15) is 11.3 Å². The molecule has 0 saturated carbocycles. The first-order valence-corrected chi connectivity index (χ1v) is 5.70. The Bertz CT molecular complexity index is 371. The van der Waals surface area contributed by atoms with E-state index in [1.807, 2.05) is 12.1 Å².